The van der Waals surface area contributed by atoms with E-state index in [4.69, 9.17) is 24.7 Å². The first-order valence-corrected chi connectivity index (χ1v) is 17.7. The highest BCUT2D eigenvalue weighted by Gasteiger charge is 2.34. The van der Waals surface area contributed by atoms with Crippen molar-refractivity contribution in [3.05, 3.63) is 88.6 Å². The van der Waals surface area contributed by atoms with Crippen molar-refractivity contribution < 1.29 is 33.4 Å². The smallest absolute Gasteiger partial charge is 0.326 e. The number of likely N-dealkylation sites (tertiary alicyclic amines) is 2. The molecule has 3 aliphatic heterocycles. The average molecular weight is 710 g/mol. The maximum atomic E-state index is 14.3. The Kier molecular flexibility index (Phi) is 10.4. The lowest BCUT2D eigenvalue weighted by atomic mass is 9.93. The monoisotopic (exact) mass is 709 g/mol. The Labute approximate surface area is 300 Å². The van der Waals surface area contributed by atoms with E-state index in [1.165, 1.54) is 11.0 Å². The minimum atomic E-state index is -1.03. The summed E-state index contributed by atoms with van der Waals surface area (Å²) in [5.41, 5.74) is 3.49. The number of nitriles is 1. The number of aromatic nitrogens is 3. The largest absolute Gasteiger partial charge is 0.480 e. The van der Waals surface area contributed by atoms with Crippen LogP contribution in [-0.4, -0.2) is 92.2 Å². The number of ether oxygens (including phenoxy) is 2. The first-order chi connectivity index (χ1) is 25.2. The molecule has 270 valence electrons. The third kappa shape index (κ3) is 7.75. The summed E-state index contributed by atoms with van der Waals surface area (Å²) in [5.74, 6) is -0.808. The van der Waals surface area contributed by atoms with Gasteiger partial charge in [-0.05, 0) is 81.6 Å². The molecule has 52 heavy (non-hydrogen) atoms. The molecule has 13 nitrogen and oxygen atoms in total. The van der Waals surface area contributed by atoms with Crippen LogP contribution < -0.4 is 10.1 Å². The quantitative estimate of drug-likeness (QED) is 0.220. The number of carboxylic acid groups (broad SMARTS) is 1. The zero-order valence-electron chi connectivity index (χ0n) is 28.7. The fourth-order valence-corrected chi connectivity index (χ4v) is 7.17. The van der Waals surface area contributed by atoms with Crippen LogP contribution in [0.4, 0.5) is 4.39 Å². The number of hydrogen-bond acceptors (Lipinski definition) is 9. The number of nitrogens with zero attached hydrogens (tertiary/aromatic N) is 6. The molecule has 3 aliphatic rings. The van der Waals surface area contributed by atoms with Crippen LogP contribution in [0.15, 0.2) is 54.6 Å². The van der Waals surface area contributed by atoms with Gasteiger partial charge < -0.3 is 29.4 Å². The van der Waals surface area contributed by atoms with Gasteiger partial charge in [-0.15, -0.1) is 0 Å². The second kappa shape index (κ2) is 15.5. The number of fused-ring (bicyclic) bond motifs is 1. The van der Waals surface area contributed by atoms with Crippen molar-refractivity contribution in [3.63, 3.8) is 0 Å². The fourth-order valence-electron chi connectivity index (χ4n) is 7.17. The number of piperidine rings is 1. The highest BCUT2D eigenvalue weighted by Crippen LogP contribution is 2.30. The van der Waals surface area contributed by atoms with Gasteiger partial charge in [0, 0.05) is 42.0 Å². The van der Waals surface area contributed by atoms with Crippen molar-refractivity contribution in [1.82, 2.24) is 29.7 Å². The van der Waals surface area contributed by atoms with E-state index in [9.17, 15) is 23.9 Å². The predicted octanol–water partition coefficient (Wildman–Crippen LogP) is 3.99. The molecule has 14 heteroatoms. The van der Waals surface area contributed by atoms with E-state index in [0.29, 0.717) is 55.0 Å². The van der Waals surface area contributed by atoms with Crippen LogP contribution in [0.3, 0.4) is 0 Å². The lowest BCUT2D eigenvalue weighted by Crippen LogP contribution is -2.45. The average Bonchev–Trinajstić information content (AvgIpc) is 3.77. The van der Waals surface area contributed by atoms with Crippen molar-refractivity contribution in [2.75, 3.05) is 32.8 Å². The SMILES string of the molecule is N#Cc1ccc(COc2cccc(C3CCN(Cc4nc5cc(C(=O)NCC(=O)N6CCC[C@H]6C(=O)O)ccc5n4C[C@@H]4CCO4)CC3)n2)c(F)c1. The van der Waals surface area contributed by atoms with Crippen LogP contribution >= 0.6 is 0 Å². The first-order valence-electron chi connectivity index (χ1n) is 17.7. The summed E-state index contributed by atoms with van der Waals surface area (Å²) in [4.78, 5) is 50.6. The normalized spacial score (nSPS) is 19.3. The van der Waals surface area contributed by atoms with Crippen molar-refractivity contribution in [3.8, 4) is 11.9 Å². The number of rotatable bonds is 12. The first kappa shape index (κ1) is 35.0. The minimum absolute atomic E-state index is 0.0128. The van der Waals surface area contributed by atoms with Crippen LogP contribution in [0.25, 0.3) is 11.0 Å². The van der Waals surface area contributed by atoms with Crippen LogP contribution in [0, 0.1) is 17.1 Å². The number of imidazole rings is 1. The standard InChI is InChI=1S/C38H40FN7O6/c39-29-17-24(19-40)6-7-27(29)23-52-35-5-1-3-30(43-35)25-10-14-44(15-11-25)22-34-42-31-18-26(8-9-32(31)46(34)21-28-12-16-51-28)37(48)41-20-36(47)45-13-2-4-33(45)38(49)50/h1,3,5-9,17-18,25,28,33H,2,4,10-16,20-23H2,(H,41,48)(H,49,50)/t28-,33-/m0/s1. The molecule has 2 aromatic heterocycles. The number of pyridine rings is 1. The van der Waals surface area contributed by atoms with Gasteiger partial charge in [0.05, 0.1) is 48.4 Å². The topological polar surface area (TPSA) is 163 Å². The molecule has 2 amide bonds. The third-order valence-electron chi connectivity index (χ3n) is 10.2. The van der Waals surface area contributed by atoms with E-state index in [2.05, 4.69) is 14.8 Å². The molecular weight excluding hydrogens is 669 g/mol. The molecular formula is C38H40FN7O6. The molecule has 2 N–H and O–H groups in total. The number of amides is 2. The van der Waals surface area contributed by atoms with Gasteiger partial charge in [-0.2, -0.15) is 5.26 Å². The van der Waals surface area contributed by atoms with Crippen LogP contribution in [-0.2, 0) is 34.0 Å². The number of benzene rings is 2. The summed E-state index contributed by atoms with van der Waals surface area (Å²) in [7, 11) is 0. The summed E-state index contributed by atoms with van der Waals surface area (Å²) in [6, 6.07) is 16.4. The molecule has 0 unspecified atom stereocenters. The van der Waals surface area contributed by atoms with Gasteiger partial charge in [0.2, 0.25) is 11.8 Å². The molecule has 3 fully saturated rings. The molecule has 0 spiro atoms. The summed E-state index contributed by atoms with van der Waals surface area (Å²) >= 11 is 0. The summed E-state index contributed by atoms with van der Waals surface area (Å²) in [6.45, 7) is 3.78. The van der Waals surface area contributed by atoms with E-state index in [-0.39, 0.29) is 30.7 Å². The van der Waals surface area contributed by atoms with Crippen molar-refractivity contribution in [2.24, 2.45) is 0 Å². The Bertz CT molecular complexity index is 2020. The number of hydrogen-bond donors (Lipinski definition) is 2. The number of nitrogens with one attached hydrogen (secondary N) is 1. The summed E-state index contributed by atoms with van der Waals surface area (Å²) in [6.07, 6.45) is 3.88. The molecule has 7 rings (SSSR count). The van der Waals surface area contributed by atoms with E-state index in [0.717, 1.165) is 56.0 Å². The summed E-state index contributed by atoms with van der Waals surface area (Å²) < 4.78 is 28.1. The molecule has 3 saturated heterocycles. The van der Waals surface area contributed by atoms with Gasteiger partial charge in [0.1, 0.15) is 24.3 Å². The predicted molar refractivity (Wildman–Crippen MR) is 186 cm³/mol. The van der Waals surface area contributed by atoms with Crippen LogP contribution in [0.5, 0.6) is 5.88 Å². The number of carbonyl (C=O) groups excluding carboxylic acids is 2. The lowest BCUT2D eigenvalue weighted by molar-refractivity contribution is -0.147. The third-order valence-corrected chi connectivity index (χ3v) is 10.2. The molecule has 0 saturated carbocycles. The summed E-state index contributed by atoms with van der Waals surface area (Å²) in [5, 5.41) is 21.0. The molecule has 2 atom stereocenters. The van der Waals surface area contributed by atoms with Gasteiger partial charge in [-0.3, -0.25) is 14.5 Å². The number of carbonyl (C=O) groups is 3. The number of carboxylic acids is 1. The van der Waals surface area contributed by atoms with E-state index in [1.807, 2.05) is 24.3 Å². The zero-order chi connectivity index (χ0) is 36.2. The lowest BCUT2D eigenvalue weighted by Gasteiger charge is -2.32. The molecule has 0 bridgehead atoms. The molecule has 0 radical (unpaired) electrons. The van der Waals surface area contributed by atoms with Gasteiger partial charge in [0.25, 0.3) is 5.91 Å². The Morgan fingerprint density at radius 3 is 2.60 bits per heavy atom. The van der Waals surface area contributed by atoms with E-state index < -0.39 is 29.6 Å². The van der Waals surface area contributed by atoms with E-state index >= 15 is 0 Å². The number of aliphatic carboxylic acids is 1. The number of halogens is 1. The Hall–Kier alpha value is -5.39. The van der Waals surface area contributed by atoms with Gasteiger partial charge in [-0.25, -0.2) is 19.2 Å². The maximum Gasteiger partial charge on any atom is 0.326 e. The molecule has 0 aliphatic carbocycles. The highest BCUT2D eigenvalue weighted by molar-refractivity contribution is 5.99. The van der Waals surface area contributed by atoms with E-state index in [1.54, 1.807) is 30.3 Å². The van der Waals surface area contributed by atoms with Gasteiger partial charge >= 0.3 is 5.97 Å². The van der Waals surface area contributed by atoms with Gasteiger partial charge in [0.15, 0.2) is 0 Å². The van der Waals surface area contributed by atoms with Gasteiger partial charge in [-0.1, -0.05) is 12.1 Å². The van der Waals surface area contributed by atoms with Crippen molar-refractivity contribution in [1.29, 1.82) is 5.26 Å². The van der Waals surface area contributed by atoms with Crippen molar-refractivity contribution in [2.45, 2.75) is 69.9 Å². The minimum Gasteiger partial charge on any atom is -0.480 e. The van der Waals surface area contributed by atoms with Crippen molar-refractivity contribution >= 4 is 28.8 Å². The Morgan fingerprint density at radius 1 is 1.04 bits per heavy atom. The molecule has 2 aromatic carbocycles. The highest BCUT2D eigenvalue weighted by atomic mass is 19.1. The fraction of sp³-hybridized carbons (Fsp3) is 0.421. The maximum absolute atomic E-state index is 14.3. The van der Waals surface area contributed by atoms with Crippen LogP contribution in [0.2, 0.25) is 0 Å². The molecule has 4 aromatic rings. The Morgan fingerprint density at radius 2 is 1.87 bits per heavy atom. The zero-order valence-corrected chi connectivity index (χ0v) is 28.7. The Balaban J connectivity index is 0.979. The second-order valence-electron chi connectivity index (χ2n) is 13.5. The van der Waals surface area contributed by atoms with Crippen LogP contribution in [0.1, 0.15) is 71.0 Å². The second-order valence-corrected chi connectivity index (χ2v) is 13.5. The molecule has 5 heterocycles.